The second kappa shape index (κ2) is 9.56. The van der Waals surface area contributed by atoms with E-state index in [9.17, 15) is 9.59 Å². The lowest BCUT2D eigenvalue weighted by Crippen LogP contribution is -2.39. The van der Waals surface area contributed by atoms with E-state index in [-0.39, 0.29) is 12.1 Å². The molecular formula is C28H33N3O4. The van der Waals surface area contributed by atoms with Crippen LogP contribution in [0.5, 0.6) is 0 Å². The first-order valence-electron chi connectivity index (χ1n) is 12.0. The van der Waals surface area contributed by atoms with E-state index in [2.05, 4.69) is 24.1 Å². The van der Waals surface area contributed by atoms with Crippen molar-refractivity contribution in [2.45, 2.75) is 53.1 Å². The molecule has 0 unspecified atom stereocenters. The topological polar surface area (TPSA) is 84.5 Å². The van der Waals surface area contributed by atoms with Gasteiger partial charge in [-0.1, -0.05) is 19.1 Å². The Morgan fingerprint density at radius 1 is 1.14 bits per heavy atom. The van der Waals surface area contributed by atoms with Crippen LogP contribution in [0.4, 0.5) is 4.79 Å². The summed E-state index contributed by atoms with van der Waals surface area (Å²) in [7, 11) is 1.38. The van der Waals surface area contributed by atoms with E-state index in [4.69, 9.17) is 14.5 Å². The Morgan fingerprint density at radius 2 is 1.91 bits per heavy atom. The number of ether oxygens (including phenoxy) is 2. The number of carbonyl (C=O) groups excluding carboxylic acids is 2. The minimum absolute atomic E-state index is 0.314. The summed E-state index contributed by atoms with van der Waals surface area (Å²) < 4.78 is 10.6. The largest absolute Gasteiger partial charge is 0.465 e. The van der Waals surface area contributed by atoms with Gasteiger partial charge >= 0.3 is 12.1 Å². The zero-order valence-corrected chi connectivity index (χ0v) is 21.3. The van der Waals surface area contributed by atoms with Gasteiger partial charge in [0, 0.05) is 40.1 Å². The number of nitrogens with one attached hydrogen (secondary N) is 1. The SMILES string of the molecule is CCc1ccc(-c2cc(C(=O)OC)cc3cc(C4=CCCN(C(=O)OC(C)(C)C)C4)[nH]c23)c(C)n1. The number of carbonyl (C=O) groups is 2. The predicted molar refractivity (Wildman–Crippen MR) is 137 cm³/mol. The van der Waals surface area contributed by atoms with E-state index >= 15 is 0 Å². The van der Waals surface area contributed by atoms with Crippen molar-refractivity contribution < 1.29 is 19.1 Å². The summed E-state index contributed by atoms with van der Waals surface area (Å²) in [5.41, 5.74) is 6.54. The first-order chi connectivity index (χ1) is 16.6. The number of esters is 1. The molecule has 0 saturated heterocycles. The molecule has 1 aromatic carbocycles. The molecule has 3 heterocycles. The molecule has 0 radical (unpaired) electrons. The second-order valence-corrected chi connectivity index (χ2v) is 9.87. The molecule has 7 heteroatoms. The number of aromatic nitrogens is 2. The number of H-pyrrole nitrogens is 1. The third-order valence-corrected chi connectivity index (χ3v) is 6.09. The molecule has 184 valence electrons. The van der Waals surface area contributed by atoms with E-state index in [0.717, 1.165) is 57.5 Å². The maximum atomic E-state index is 12.7. The molecule has 1 amide bonds. The Labute approximate surface area is 206 Å². The van der Waals surface area contributed by atoms with Gasteiger partial charge < -0.3 is 19.4 Å². The van der Waals surface area contributed by atoms with E-state index in [1.807, 2.05) is 52.0 Å². The van der Waals surface area contributed by atoms with Crippen molar-refractivity contribution in [2.24, 2.45) is 0 Å². The summed E-state index contributed by atoms with van der Waals surface area (Å²) in [6, 6.07) is 9.79. The van der Waals surface area contributed by atoms with Crippen molar-refractivity contribution in [2.75, 3.05) is 20.2 Å². The highest BCUT2D eigenvalue weighted by Crippen LogP contribution is 2.34. The Bertz CT molecular complexity index is 1310. The number of hydrogen-bond donors (Lipinski definition) is 1. The number of nitrogens with zero attached hydrogens (tertiary/aromatic N) is 2. The number of amides is 1. The molecule has 0 saturated carbocycles. The Kier molecular flexibility index (Phi) is 6.70. The van der Waals surface area contributed by atoms with Crippen molar-refractivity contribution in [3.05, 3.63) is 59.1 Å². The molecule has 0 bridgehead atoms. The number of rotatable bonds is 4. The van der Waals surface area contributed by atoms with Gasteiger partial charge in [0.1, 0.15) is 5.60 Å². The second-order valence-electron chi connectivity index (χ2n) is 9.87. The number of aryl methyl sites for hydroxylation is 2. The van der Waals surface area contributed by atoms with Crippen LogP contribution in [0.3, 0.4) is 0 Å². The number of aromatic amines is 1. The lowest BCUT2D eigenvalue weighted by molar-refractivity contribution is 0.0272. The molecule has 0 aliphatic carbocycles. The standard InChI is InChI=1S/C28H33N3O4/c1-7-21-10-11-22(17(2)29-21)23-14-20(26(32)34-6)13-19-15-24(30-25(19)23)18-9-8-12-31(16-18)27(33)35-28(3,4)5/h9-11,13-15,30H,7-8,12,16H2,1-6H3. The van der Waals surface area contributed by atoms with Crippen LogP contribution in [0.1, 0.15) is 61.6 Å². The van der Waals surface area contributed by atoms with Gasteiger partial charge in [0.15, 0.2) is 0 Å². The Morgan fingerprint density at radius 3 is 2.57 bits per heavy atom. The third-order valence-electron chi connectivity index (χ3n) is 6.09. The van der Waals surface area contributed by atoms with Crippen LogP contribution in [0.25, 0.3) is 27.6 Å². The van der Waals surface area contributed by atoms with Gasteiger partial charge in [0.05, 0.1) is 24.7 Å². The molecule has 1 aliphatic heterocycles. The maximum absolute atomic E-state index is 12.7. The molecule has 0 atom stereocenters. The number of pyridine rings is 1. The average Bonchev–Trinajstić information content (AvgIpc) is 3.26. The van der Waals surface area contributed by atoms with Crippen LogP contribution in [-0.4, -0.2) is 52.7 Å². The van der Waals surface area contributed by atoms with Crippen molar-refractivity contribution in [1.82, 2.24) is 14.9 Å². The van der Waals surface area contributed by atoms with Gasteiger partial charge in [-0.2, -0.15) is 0 Å². The fraction of sp³-hybridized carbons (Fsp3) is 0.393. The molecule has 2 aromatic heterocycles. The van der Waals surface area contributed by atoms with Crippen LogP contribution in [-0.2, 0) is 15.9 Å². The number of fused-ring (bicyclic) bond motifs is 1. The van der Waals surface area contributed by atoms with Crippen molar-refractivity contribution in [3.8, 4) is 11.1 Å². The van der Waals surface area contributed by atoms with E-state index in [1.165, 1.54) is 7.11 Å². The number of methoxy groups -OCH3 is 1. The molecule has 35 heavy (non-hydrogen) atoms. The monoisotopic (exact) mass is 475 g/mol. The van der Waals surface area contributed by atoms with Gasteiger partial charge in [0.2, 0.25) is 0 Å². The van der Waals surface area contributed by atoms with Crippen molar-refractivity contribution in [1.29, 1.82) is 0 Å². The van der Waals surface area contributed by atoms with Crippen LogP contribution in [0.2, 0.25) is 0 Å². The van der Waals surface area contributed by atoms with Crippen LogP contribution in [0, 0.1) is 6.92 Å². The summed E-state index contributed by atoms with van der Waals surface area (Å²) in [6.07, 6.45) is 3.43. The van der Waals surface area contributed by atoms with Gasteiger partial charge in [-0.05, 0) is 70.4 Å². The van der Waals surface area contributed by atoms with Crippen LogP contribution >= 0.6 is 0 Å². The third kappa shape index (κ3) is 5.24. The van der Waals surface area contributed by atoms with Gasteiger partial charge in [-0.25, -0.2) is 9.59 Å². The van der Waals surface area contributed by atoms with Gasteiger partial charge in [-0.15, -0.1) is 0 Å². The van der Waals surface area contributed by atoms with Crippen LogP contribution in [0.15, 0.2) is 36.4 Å². The Hall–Kier alpha value is -3.61. The number of hydrogen-bond acceptors (Lipinski definition) is 5. The van der Waals surface area contributed by atoms with Crippen molar-refractivity contribution >= 4 is 28.5 Å². The molecule has 3 aromatic rings. The lowest BCUT2D eigenvalue weighted by atomic mass is 9.98. The lowest BCUT2D eigenvalue weighted by Gasteiger charge is -2.30. The summed E-state index contributed by atoms with van der Waals surface area (Å²) in [6.45, 7) is 10.7. The van der Waals surface area contributed by atoms with E-state index < -0.39 is 5.60 Å². The number of benzene rings is 1. The molecule has 0 fully saturated rings. The van der Waals surface area contributed by atoms with Gasteiger partial charge in [-0.3, -0.25) is 4.98 Å². The highest BCUT2D eigenvalue weighted by atomic mass is 16.6. The zero-order valence-electron chi connectivity index (χ0n) is 21.3. The summed E-state index contributed by atoms with van der Waals surface area (Å²) >= 11 is 0. The minimum Gasteiger partial charge on any atom is -0.465 e. The van der Waals surface area contributed by atoms with E-state index in [0.29, 0.717) is 18.7 Å². The summed E-state index contributed by atoms with van der Waals surface area (Å²) in [5, 5.41) is 0.896. The average molecular weight is 476 g/mol. The highest BCUT2D eigenvalue weighted by Gasteiger charge is 2.26. The summed E-state index contributed by atoms with van der Waals surface area (Å²) in [5.74, 6) is -0.389. The minimum atomic E-state index is -0.544. The fourth-order valence-corrected chi connectivity index (χ4v) is 4.38. The van der Waals surface area contributed by atoms with Crippen LogP contribution < -0.4 is 0 Å². The molecule has 0 spiro atoms. The normalized spacial score (nSPS) is 14.1. The molecule has 1 aliphatic rings. The fourth-order valence-electron chi connectivity index (χ4n) is 4.38. The Balaban J connectivity index is 1.77. The zero-order chi connectivity index (χ0) is 25.3. The quantitative estimate of drug-likeness (QED) is 0.474. The first kappa shape index (κ1) is 24.5. The molecular weight excluding hydrogens is 442 g/mol. The molecule has 1 N–H and O–H groups in total. The first-order valence-corrected chi connectivity index (χ1v) is 12.0. The van der Waals surface area contributed by atoms with E-state index in [1.54, 1.807) is 4.90 Å². The molecule has 4 rings (SSSR count). The maximum Gasteiger partial charge on any atom is 0.410 e. The van der Waals surface area contributed by atoms with Gasteiger partial charge in [0.25, 0.3) is 0 Å². The predicted octanol–water partition coefficient (Wildman–Crippen LogP) is 5.91. The molecule has 7 nitrogen and oxygen atoms in total. The smallest absolute Gasteiger partial charge is 0.410 e. The highest BCUT2D eigenvalue weighted by molar-refractivity contribution is 6.03. The van der Waals surface area contributed by atoms with Crippen molar-refractivity contribution in [3.63, 3.8) is 0 Å². The summed E-state index contributed by atoms with van der Waals surface area (Å²) in [4.78, 5) is 35.1.